The Morgan fingerprint density at radius 1 is 1.00 bits per heavy atom. The maximum atomic E-state index is 12.7. The zero-order chi connectivity index (χ0) is 14.9. The number of hydrogen-bond donors (Lipinski definition) is 1. The Balaban J connectivity index is 0.00000156. The summed E-state index contributed by atoms with van der Waals surface area (Å²) in [6.45, 7) is 3.19. The van der Waals surface area contributed by atoms with E-state index in [4.69, 9.17) is 0 Å². The fourth-order valence-corrected chi connectivity index (χ4v) is 3.47. The van der Waals surface area contributed by atoms with Crippen LogP contribution >= 0.6 is 12.4 Å². The summed E-state index contributed by atoms with van der Waals surface area (Å²) in [7, 11) is 0. The van der Waals surface area contributed by atoms with Crippen molar-refractivity contribution in [1.29, 1.82) is 0 Å². The molecule has 2 aromatic rings. The van der Waals surface area contributed by atoms with Crippen LogP contribution in [0.15, 0.2) is 54.6 Å². The number of carbonyl (C=O) groups excluding carboxylic acids is 1. The molecule has 1 fully saturated rings. The summed E-state index contributed by atoms with van der Waals surface area (Å²) in [6, 6.07) is 19.1. The third-order valence-corrected chi connectivity index (χ3v) is 4.84. The second kappa shape index (κ2) is 6.73. The van der Waals surface area contributed by atoms with Crippen LogP contribution < -0.4 is 5.32 Å². The Morgan fingerprint density at radius 2 is 1.70 bits per heavy atom. The van der Waals surface area contributed by atoms with Crippen molar-refractivity contribution in [1.82, 2.24) is 10.2 Å². The third-order valence-electron chi connectivity index (χ3n) is 4.84. The van der Waals surface area contributed by atoms with E-state index in [1.165, 1.54) is 16.7 Å². The van der Waals surface area contributed by atoms with Crippen LogP contribution in [0, 0.1) is 5.92 Å². The van der Waals surface area contributed by atoms with Gasteiger partial charge in [-0.1, -0.05) is 54.6 Å². The van der Waals surface area contributed by atoms with Gasteiger partial charge in [-0.2, -0.15) is 0 Å². The molecule has 2 aliphatic rings. The Labute approximate surface area is 143 Å². The fourth-order valence-electron chi connectivity index (χ4n) is 3.47. The average molecular weight is 329 g/mol. The zero-order valence-corrected chi connectivity index (χ0v) is 13.8. The van der Waals surface area contributed by atoms with E-state index in [2.05, 4.69) is 53.8 Å². The summed E-state index contributed by atoms with van der Waals surface area (Å²) in [5.74, 6) is 0.749. The Morgan fingerprint density at radius 3 is 2.39 bits per heavy atom. The monoisotopic (exact) mass is 328 g/mol. The highest BCUT2D eigenvalue weighted by atomic mass is 35.5. The summed E-state index contributed by atoms with van der Waals surface area (Å²) in [4.78, 5) is 14.7. The number of hydrogen-bond acceptors (Lipinski definition) is 2. The number of fused-ring (bicyclic) bond motifs is 1. The average Bonchev–Trinajstić information content (AvgIpc) is 2.53. The van der Waals surface area contributed by atoms with Gasteiger partial charge < -0.3 is 10.2 Å². The molecule has 0 spiro atoms. The molecule has 4 heteroatoms. The van der Waals surface area contributed by atoms with Crippen LogP contribution in [0.2, 0.25) is 0 Å². The van der Waals surface area contributed by atoms with Crippen molar-refractivity contribution >= 4 is 18.3 Å². The molecule has 0 aromatic heterocycles. The highest BCUT2D eigenvalue weighted by Gasteiger charge is 2.34. The molecule has 2 aromatic carbocycles. The number of amides is 1. The highest BCUT2D eigenvalue weighted by molar-refractivity contribution is 5.85. The maximum Gasteiger partial charge on any atom is 0.228 e. The lowest BCUT2D eigenvalue weighted by atomic mass is 9.84. The summed E-state index contributed by atoms with van der Waals surface area (Å²) in [5, 5.41) is 3.20. The van der Waals surface area contributed by atoms with E-state index < -0.39 is 0 Å². The Hall–Kier alpha value is -1.84. The van der Waals surface area contributed by atoms with Crippen LogP contribution in [0.25, 0.3) is 0 Å². The van der Waals surface area contributed by atoms with E-state index in [1.54, 1.807) is 0 Å². The molecule has 23 heavy (non-hydrogen) atoms. The van der Waals surface area contributed by atoms with Gasteiger partial charge in [0.2, 0.25) is 5.91 Å². The number of carbonyl (C=O) groups is 1. The molecule has 0 bridgehead atoms. The number of benzene rings is 2. The molecule has 120 valence electrons. The van der Waals surface area contributed by atoms with Crippen LogP contribution in [0.5, 0.6) is 0 Å². The van der Waals surface area contributed by atoms with Gasteiger partial charge >= 0.3 is 0 Å². The van der Waals surface area contributed by atoms with E-state index >= 15 is 0 Å². The highest BCUT2D eigenvalue weighted by Crippen LogP contribution is 2.34. The smallest absolute Gasteiger partial charge is 0.228 e. The second-order valence-corrected chi connectivity index (χ2v) is 6.24. The minimum absolute atomic E-state index is 0. The zero-order valence-electron chi connectivity index (χ0n) is 12.9. The molecule has 4 rings (SSSR count). The van der Waals surface area contributed by atoms with Gasteiger partial charge in [-0.25, -0.2) is 0 Å². The summed E-state index contributed by atoms with van der Waals surface area (Å²) < 4.78 is 0. The molecule has 2 aliphatic heterocycles. The first-order valence-corrected chi connectivity index (χ1v) is 7.95. The number of nitrogens with zero attached hydrogens (tertiary/aromatic N) is 1. The van der Waals surface area contributed by atoms with Gasteiger partial charge in [-0.05, 0) is 16.7 Å². The largest absolute Gasteiger partial charge is 0.337 e. The summed E-state index contributed by atoms with van der Waals surface area (Å²) >= 11 is 0. The quantitative estimate of drug-likeness (QED) is 0.919. The molecular weight excluding hydrogens is 308 g/mol. The van der Waals surface area contributed by atoms with Crippen molar-refractivity contribution in [2.45, 2.75) is 12.5 Å². The molecule has 0 aliphatic carbocycles. The lowest BCUT2D eigenvalue weighted by Crippen LogP contribution is -2.53. The normalized spacial score (nSPS) is 20.2. The van der Waals surface area contributed by atoms with E-state index in [1.807, 2.05) is 11.0 Å². The molecule has 1 unspecified atom stereocenters. The van der Waals surface area contributed by atoms with Crippen LogP contribution in [-0.4, -0.2) is 30.4 Å². The molecule has 0 radical (unpaired) electrons. The lowest BCUT2D eigenvalue weighted by Gasteiger charge is -2.39. The van der Waals surface area contributed by atoms with Crippen LogP contribution in [-0.2, 0) is 11.3 Å². The van der Waals surface area contributed by atoms with Gasteiger partial charge in [0.05, 0.1) is 5.92 Å². The predicted molar refractivity (Wildman–Crippen MR) is 93.8 cm³/mol. The van der Waals surface area contributed by atoms with E-state index in [0.717, 1.165) is 26.2 Å². The number of halogens is 1. The van der Waals surface area contributed by atoms with Gasteiger partial charge in [-0.3, -0.25) is 4.79 Å². The van der Waals surface area contributed by atoms with Crippen molar-refractivity contribution in [3.63, 3.8) is 0 Å². The van der Waals surface area contributed by atoms with Crippen LogP contribution in [0.4, 0.5) is 0 Å². The lowest BCUT2D eigenvalue weighted by molar-refractivity contribution is -0.138. The van der Waals surface area contributed by atoms with E-state index in [9.17, 15) is 4.79 Å². The topological polar surface area (TPSA) is 32.3 Å². The first-order chi connectivity index (χ1) is 10.8. The SMILES string of the molecule is Cl.O=C(C1CNC1)N1Cc2ccccc2C(c2ccccc2)C1. The molecule has 3 nitrogen and oxygen atoms in total. The summed E-state index contributed by atoms with van der Waals surface area (Å²) in [6.07, 6.45) is 0. The number of nitrogens with one attached hydrogen (secondary N) is 1. The van der Waals surface area contributed by atoms with Crippen molar-refractivity contribution in [3.05, 3.63) is 71.3 Å². The van der Waals surface area contributed by atoms with Crippen LogP contribution in [0.1, 0.15) is 22.6 Å². The predicted octanol–water partition coefficient (Wildman–Crippen LogP) is 2.80. The van der Waals surface area contributed by atoms with Gasteiger partial charge in [0, 0.05) is 32.1 Å². The number of rotatable bonds is 2. The molecule has 0 saturated carbocycles. The van der Waals surface area contributed by atoms with Crippen molar-refractivity contribution in [2.75, 3.05) is 19.6 Å². The second-order valence-electron chi connectivity index (χ2n) is 6.24. The molecular formula is C19H21ClN2O. The molecule has 1 saturated heterocycles. The summed E-state index contributed by atoms with van der Waals surface area (Å²) in [5.41, 5.74) is 3.94. The Bertz CT molecular complexity index is 685. The molecule has 2 heterocycles. The van der Waals surface area contributed by atoms with Crippen LogP contribution in [0.3, 0.4) is 0 Å². The molecule has 1 N–H and O–H groups in total. The van der Waals surface area contributed by atoms with Gasteiger partial charge in [0.1, 0.15) is 0 Å². The van der Waals surface area contributed by atoms with Crippen molar-refractivity contribution < 1.29 is 4.79 Å². The maximum absolute atomic E-state index is 12.7. The first kappa shape index (κ1) is 16.0. The van der Waals surface area contributed by atoms with E-state index in [0.29, 0.717) is 5.91 Å². The minimum atomic E-state index is 0. The minimum Gasteiger partial charge on any atom is -0.337 e. The van der Waals surface area contributed by atoms with Gasteiger partial charge in [0.15, 0.2) is 0 Å². The van der Waals surface area contributed by atoms with Crippen molar-refractivity contribution in [2.24, 2.45) is 5.92 Å². The molecule has 1 atom stereocenters. The van der Waals surface area contributed by atoms with E-state index in [-0.39, 0.29) is 24.2 Å². The third kappa shape index (κ3) is 2.99. The standard InChI is InChI=1S/C19H20N2O.ClH/c22-19(16-10-20-11-16)21-12-15-8-4-5-9-17(15)18(13-21)14-6-2-1-3-7-14;/h1-9,16,18,20H,10-13H2;1H. The molecule has 1 amide bonds. The van der Waals surface area contributed by atoms with Gasteiger partial charge in [-0.15, -0.1) is 12.4 Å². The fraction of sp³-hybridized carbons (Fsp3) is 0.316. The van der Waals surface area contributed by atoms with Gasteiger partial charge in [0.25, 0.3) is 0 Å². The van der Waals surface area contributed by atoms with Crippen molar-refractivity contribution in [3.8, 4) is 0 Å². The Kier molecular flexibility index (Phi) is 4.69. The first-order valence-electron chi connectivity index (χ1n) is 7.95.